The molecular weight excluding hydrogens is 347 g/mol. The fourth-order valence-corrected chi connectivity index (χ4v) is 3.00. The number of halogens is 1. The number of sulfonamides is 1. The first kappa shape index (κ1) is 18.9. The molecule has 0 heterocycles. The molecule has 8 heteroatoms. The van der Waals surface area contributed by atoms with E-state index in [9.17, 15) is 17.6 Å². The molecule has 0 saturated heterocycles. The SMILES string of the molecule is CNS(=O)(=O)c1ccc(C(=O)N(C)Cc2ccc(OC)c(F)c2)cc1. The van der Waals surface area contributed by atoms with Crippen LogP contribution in [-0.4, -0.2) is 40.4 Å². The van der Waals surface area contributed by atoms with Crippen LogP contribution in [0, 0.1) is 5.82 Å². The zero-order chi connectivity index (χ0) is 18.6. The first-order chi connectivity index (χ1) is 11.8. The molecule has 0 unspecified atom stereocenters. The van der Waals surface area contributed by atoms with E-state index in [0.29, 0.717) is 11.1 Å². The Morgan fingerprint density at radius 3 is 2.36 bits per heavy atom. The van der Waals surface area contributed by atoms with Gasteiger partial charge in [0.15, 0.2) is 11.6 Å². The molecule has 134 valence electrons. The van der Waals surface area contributed by atoms with Gasteiger partial charge < -0.3 is 9.64 Å². The summed E-state index contributed by atoms with van der Waals surface area (Å²) in [6, 6.07) is 10.1. The number of methoxy groups -OCH3 is 1. The maximum Gasteiger partial charge on any atom is 0.253 e. The Balaban J connectivity index is 2.13. The van der Waals surface area contributed by atoms with Crippen LogP contribution in [0.15, 0.2) is 47.4 Å². The molecular formula is C17H19FN2O4S. The van der Waals surface area contributed by atoms with E-state index in [1.54, 1.807) is 13.1 Å². The standard InChI is InChI=1S/C17H19FN2O4S/c1-19-25(22,23)14-7-5-13(6-8-14)17(21)20(2)11-12-4-9-16(24-3)15(18)10-12/h4-10,19H,11H2,1-3H3. The predicted octanol–water partition coefficient (Wildman–Crippen LogP) is 2.01. The van der Waals surface area contributed by atoms with E-state index in [1.165, 1.54) is 55.5 Å². The smallest absolute Gasteiger partial charge is 0.253 e. The van der Waals surface area contributed by atoms with Gasteiger partial charge in [-0.1, -0.05) is 6.07 Å². The Labute approximate surface area is 146 Å². The Bertz CT molecular complexity index is 867. The number of carbonyl (C=O) groups excluding carboxylic acids is 1. The van der Waals surface area contributed by atoms with Crippen LogP contribution in [0.4, 0.5) is 4.39 Å². The van der Waals surface area contributed by atoms with Gasteiger partial charge in [0, 0.05) is 19.2 Å². The third-order valence-electron chi connectivity index (χ3n) is 3.66. The summed E-state index contributed by atoms with van der Waals surface area (Å²) >= 11 is 0. The second kappa shape index (κ2) is 7.62. The average Bonchev–Trinajstić information content (AvgIpc) is 2.61. The van der Waals surface area contributed by atoms with Crippen molar-refractivity contribution in [3.8, 4) is 5.75 Å². The minimum atomic E-state index is -3.55. The van der Waals surface area contributed by atoms with E-state index in [2.05, 4.69) is 4.72 Å². The maximum absolute atomic E-state index is 13.7. The molecule has 0 saturated carbocycles. The monoisotopic (exact) mass is 366 g/mol. The molecule has 2 aromatic carbocycles. The van der Waals surface area contributed by atoms with Crippen LogP contribution < -0.4 is 9.46 Å². The van der Waals surface area contributed by atoms with E-state index in [4.69, 9.17) is 4.74 Å². The summed E-state index contributed by atoms with van der Waals surface area (Å²) in [4.78, 5) is 13.9. The fourth-order valence-electron chi connectivity index (χ4n) is 2.27. The number of benzene rings is 2. The zero-order valence-electron chi connectivity index (χ0n) is 14.1. The van der Waals surface area contributed by atoms with E-state index < -0.39 is 15.8 Å². The van der Waals surface area contributed by atoms with Crippen molar-refractivity contribution in [2.45, 2.75) is 11.4 Å². The summed E-state index contributed by atoms with van der Waals surface area (Å²) in [6.07, 6.45) is 0. The van der Waals surface area contributed by atoms with E-state index in [0.717, 1.165) is 0 Å². The van der Waals surface area contributed by atoms with Gasteiger partial charge >= 0.3 is 0 Å². The molecule has 0 radical (unpaired) electrons. The molecule has 0 aliphatic heterocycles. The van der Waals surface area contributed by atoms with Crippen molar-refractivity contribution in [3.05, 3.63) is 59.4 Å². The topological polar surface area (TPSA) is 75.7 Å². The van der Waals surface area contributed by atoms with Crippen molar-refractivity contribution < 1.29 is 22.3 Å². The summed E-state index contributed by atoms with van der Waals surface area (Å²) in [5, 5.41) is 0. The highest BCUT2D eigenvalue weighted by Crippen LogP contribution is 2.19. The van der Waals surface area contributed by atoms with Crippen molar-refractivity contribution in [2.24, 2.45) is 0 Å². The molecule has 0 aliphatic carbocycles. The summed E-state index contributed by atoms with van der Waals surface area (Å²) in [6.45, 7) is 0.205. The molecule has 0 aromatic heterocycles. The molecule has 0 fully saturated rings. The number of ether oxygens (including phenoxy) is 1. The lowest BCUT2D eigenvalue weighted by molar-refractivity contribution is 0.0785. The number of nitrogens with zero attached hydrogens (tertiary/aromatic N) is 1. The lowest BCUT2D eigenvalue weighted by Crippen LogP contribution is -2.26. The number of nitrogens with one attached hydrogen (secondary N) is 1. The largest absolute Gasteiger partial charge is 0.494 e. The van der Waals surface area contributed by atoms with Crippen LogP contribution >= 0.6 is 0 Å². The molecule has 0 bridgehead atoms. The van der Waals surface area contributed by atoms with Gasteiger partial charge in [0.1, 0.15) is 0 Å². The van der Waals surface area contributed by atoms with Crippen molar-refractivity contribution >= 4 is 15.9 Å². The van der Waals surface area contributed by atoms with Crippen LogP contribution in [0.5, 0.6) is 5.75 Å². The summed E-state index contributed by atoms with van der Waals surface area (Å²) in [5.41, 5.74) is 0.954. The van der Waals surface area contributed by atoms with Gasteiger partial charge in [-0.2, -0.15) is 0 Å². The van der Waals surface area contributed by atoms with Gasteiger partial charge in [-0.05, 0) is 49.0 Å². The molecule has 1 N–H and O–H groups in total. The molecule has 6 nitrogen and oxygen atoms in total. The van der Waals surface area contributed by atoms with Gasteiger partial charge in [0.2, 0.25) is 10.0 Å². The number of carbonyl (C=O) groups is 1. The molecule has 2 aromatic rings. The van der Waals surface area contributed by atoms with Gasteiger partial charge in [0.25, 0.3) is 5.91 Å². The highest BCUT2D eigenvalue weighted by Gasteiger charge is 2.16. The van der Waals surface area contributed by atoms with Crippen molar-refractivity contribution in [1.82, 2.24) is 9.62 Å². The van der Waals surface area contributed by atoms with Crippen LogP contribution in [0.3, 0.4) is 0 Å². The lowest BCUT2D eigenvalue weighted by Gasteiger charge is -2.18. The predicted molar refractivity (Wildman–Crippen MR) is 91.4 cm³/mol. The van der Waals surface area contributed by atoms with Crippen molar-refractivity contribution in [3.63, 3.8) is 0 Å². The molecule has 1 amide bonds. The minimum absolute atomic E-state index is 0.0754. The van der Waals surface area contributed by atoms with E-state index in [1.807, 2.05) is 0 Å². The molecule has 25 heavy (non-hydrogen) atoms. The first-order valence-corrected chi connectivity index (χ1v) is 8.88. The second-order valence-electron chi connectivity index (χ2n) is 5.36. The van der Waals surface area contributed by atoms with Crippen LogP contribution in [-0.2, 0) is 16.6 Å². The second-order valence-corrected chi connectivity index (χ2v) is 7.25. The Morgan fingerprint density at radius 2 is 1.84 bits per heavy atom. The normalized spacial score (nSPS) is 11.2. The molecule has 2 rings (SSSR count). The Morgan fingerprint density at radius 1 is 1.20 bits per heavy atom. The van der Waals surface area contributed by atoms with Crippen LogP contribution in [0.1, 0.15) is 15.9 Å². The van der Waals surface area contributed by atoms with Crippen LogP contribution in [0.25, 0.3) is 0 Å². The summed E-state index contributed by atoms with van der Waals surface area (Å²) in [5.74, 6) is -0.661. The van der Waals surface area contributed by atoms with E-state index in [-0.39, 0.29) is 23.1 Å². The van der Waals surface area contributed by atoms with Gasteiger partial charge in [-0.25, -0.2) is 17.5 Å². The average molecular weight is 366 g/mol. The highest BCUT2D eigenvalue weighted by atomic mass is 32.2. The van der Waals surface area contributed by atoms with Gasteiger partial charge in [-0.3, -0.25) is 4.79 Å². The minimum Gasteiger partial charge on any atom is -0.494 e. The zero-order valence-corrected chi connectivity index (χ0v) is 14.9. The number of rotatable bonds is 6. The Kier molecular flexibility index (Phi) is 5.76. The number of hydrogen-bond acceptors (Lipinski definition) is 4. The van der Waals surface area contributed by atoms with Crippen LogP contribution in [0.2, 0.25) is 0 Å². The third kappa shape index (κ3) is 4.34. The highest BCUT2D eigenvalue weighted by molar-refractivity contribution is 7.89. The Hall–Kier alpha value is -2.45. The quantitative estimate of drug-likeness (QED) is 0.849. The number of amides is 1. The molecule has 0 atom stereocenters. The molecule has 0 aliphatic rings. The number of hydrogen-bond donors (Lipinski definition) is 1. The van der Waals surface area contributed by atoms with E-state index >= 15 is 0 Å². The molecule has 0 spiro atoms. The maximum atomic E-state index is 13.7. The fraction of sp³-hybridized carbons (Fsp3) is 0.235. The van der Waals surface area contributed by atoms with Crippen molar-refractivity contribution in [1.29, 1.82) is 0 Å². The van der Waals surface area contributed by atoms with Gasteiger partial charge in [-0.15, -0.1) is 0 Å². The van der Waals surface area contributed by atoms with Crippen molar-refractivity contribution in [2.75, 3.05) is 21.2 Å². The third-order valence-corrected chi connectivity index (χ3v) is 5.09. The first-order valence-electron chi connectivity index (χ1n) is 7.40. The van der Waals surface area contributed by atoms with Gasteiger partial charge in [0.05, 0.1) is 12.0 Å². The lowest BCUT2D eigenvalue weighted by atomic mass is 10.1. The summed E-state index contributed by atoms with van der Waals surface area (Å²) in [7, 11) is 0.733. The summed E-state index contributed by atoms with van der Waals surface area (Å²) < 4.78 is 44.2.